The van der Waals surface area contributed by atoms with Crippen molar-refractivity contribution in [3.05, 3.63) is 88.7 Å². The zero-order chi connectivity index (χ0) is 38.2. The molecule has 8 bridgehead atoms. The number of aliphatic hydroxyl groups excluding tert-OH is 2. The number of hydrogen-bond acceptors (Lipinski definition) is 7. The molecule has 1 aliphatic heterocycles. The van der Waals surface area contributed by atoms with Crippen LogP contribution in [0.5, 0.6) is 0 Å². The van der Waals surface area contributed by atoms with Crippen molar-refractivity contribution < 1.29 is 39.6 Å². The molecule has 14 nitrogen and oxygen atoms in total. The van der Waals surface area contributed by atoms with Crippen LogP contribution in [0.4, 0.5) is 0 Å². The zero-order valence-corrected chi connectivity index (χ0v) is 30.1. The minimum Gasteiger partial charge on any atom is -0.481 e. The Hall–Kier alpha value is -5.44. The summed E-state index contributed by atoms with van der Waals surface area (Å²) < 4.78 is 0. The summed E-state index contributed by atoms with van der Waals surface area (Å²) in [6.45, 7) is 9.84. The lowest BCUT2D eigenvalue weighted by Gasteiger charge is -2.11. The van der Waals surface area contributed by atoms with E-state index in [9.17, 15) is 39.6 Å². The summed E-state index contributed by atoms with van der Waals surface area (Å²) >= 11 is 0. The monoisotopic (exact) mass is 714 g/mol. The normalized spacial score (nSPS) is 13.5. The quantitative estimate of drug-likeness (QED) is 0.0948. The molecule has 2 atom stereocenters. The Morgan fingerprint density at radius 3 is 1.87 bits per heavy atom. The summed E-state index contributed by atoms with van der Waals surface area (Å²) in [6, 6.07) is 0. The van der Waals surface area contributed by atoms with Crippen molar-refractivity contribution in [3.8, 4) is 0 Å². The van der Waals surface area contributed by atoms with E-state index in [0.29, 0.717) is 66.4 Å². The molecule has 0 saturated heterocycles. The molecular weight excluding hydrogens is 668 g/mol. The van der Waals surface area contributed by atoms with Gasteiger partial charge in [-0.1, -0.05) is 0 Å². The molecule has 1 amide bonds. The van der Waals surface area contributed by atoms with E-state index < -0.39 is 42.4 Å². The molecule has 14 heteroatoms. The number of carboxylic acid groups (broad SMARTS) is 2. The highest BCUT2D eigenvalue weighted by atomic mass is 16.4. The van der Waals surface area contributed by atoms with Crippen LogP contribution in [0.15, 0.2) is 0 Å². The predicted molar refractivity (Wildman–Crippen MR) is 194 cm³/mol. The highest BCUT2D eigenvalue weighted by Crippen LogP contribution is 2.30. The van der Waals surface area contributed by atoms with Gasteiger partial charge >= 0.3 is 11.9 Å². The number of amides is 1. The SMILES string of the molecule is Cc1c2[nH]c(c1CCC(=O)O)C=c1[nH]c(c(C)c1CCC(=O)O)=Cc1[nH]c(c(C)c1C(C)O)C(C(=O)CNC(=O)CN)=c1[nH]c(c(C)c1C(C)O)=C2. The average molecular weight is 715 g/mol. The van der Waals surface area contributed by atoms with E-state index >= 15 is 0 Å². The van der Waals surface area contributed by atoms with Gasteiger partial charge in [0.15, 0.2) is 5.78 Å². The molecule has 1 aliphatic rings. The Morgan fingerprint density at radius 2 is 1.27 bits per heavy atom. The van der Waals surface area contributed by atoms with Crippen LogP contribution in [0.25, 0.3) is 23.8 Å². The van der Waals surface area contributed by atoms with Crippen molar-refractivity contribution in [1.82, 2.24) is 25.3 Å². The molecule has 2 unspecified atom stereocenters. The van der Waals surface area contributed by atoms with E-state index in [0.717, 1.165) is 22.3 Å². The largest absolute Gasteiger partial charge is 0.481 e. The first-order chi connectivity index (χ1) is 24.5. The molecule has 4 aromatic rings. The number of hydrogen-bond donors (Lipinski definition) is 10. The number of carboxylic acids is 2. The fourth-order valence-electron chi connectivity index (χ4n) is 7.20. The highest BCUT2D eigenvalue weighted by Gasteiger charge is 2.27. The van der Waals surface area contributed by atoms with Gasteiger partial charge in [0.05, 0.1) is 41.9 Å². The van der Waals surface area contributed by atoms with E-state index in [4.69, 9.17) is 5.73 Å². The number of carbonyl (C=O) groups excluding carboxylic acids is 2. The van der Waals surface area contributed by atoms with Crippen LogP contribution in [-0.4, -0.2) is 77.1 Å². The maximum Gasteiger partial charge on any atom is 0.303 e. The molecule has 52 heavy (non-hydrogen) atoms. The van der Waals surface area contributed by atoms with Gasteiger partial charge in [-0.25, -0.2) is 0 Å². The molecule has 0 spiro atoms. The van der Waals surface area contributed by atoms with Crippen molar-refractivity contribution in [2.24, 2.45) is 5.73 Å². The number of ketones is 1. The predicted octanol–water partition coefficient (Wildman–Crippen LogP) is 0.0165. The maximum absolute atomic E-state index is 14.2. The van der Waals surface area contributed by atoms with E-state index in [-0.39, 0.29) is 37.8 Å². The molecule has 0 saturated carbocycles. The number of fused-ring (bicyclic) bond motifs is 8. The maximum atomic E-state index is 14.2. The third-order valence-corrected chi connectivity index (χ3v) is 9.86. The fourth-order valence-corrected chi connectivity index (χ4v) is 7.20. The van der Waals surface area contributed by atoms with Gasteiger partial charge < -0.3 is 51.4 Å². The topological polar surface area (TPSA) is 250 Å². The number of aromatic amines is 4. The number of carbonyl (C=O) groups is 4. The standard InChI is InChI=1S/C38H46N6O8/c1-16-22(7-9-32(49)50)27-13-28-23(8-10-33(51)52)17(2)25(42-28)12-29-34(20(5)45)19(4)37(44-29)36(30(47)15-40-31(48)14-39)38-35(21(6)46)18(3)26(43-38)11-24(16)41-27/h11-13,20-21,41-46H,7-10,14-15,39H2,1-6H3,(H,40,48)(H,49,50)(H,51,52). The van der Waals surface area contributed by atoms with Gasteiger partial charge in [-0.15, -0.1) is 0 Å². The summed E-state index contributed by atoms with van der Waals surface area (Å²) in [4.78, 5) is 63.4. The Labute approximate surface area is 298 Å². The molecule has 0 fully saturated rings. The van der Waals surface area contributed by atoms with Gasteiger partial charge in [0.2, 0.25) is 5.91 Å². The second-order valence-electron chi connectivity index (χ2n) is 13.4. The van der Waals surface area contributed by atoms with Gasteiger partial charge in [-0.05, 0) is 106 Å². The number of aliphatic hydroxyl groups is 2. The van der Waals surface area contributed by atoms with Crippen molar-refractivity contribution in [2.45, 2.75) is 79.4 Å². The number of aliphatic carboxylic acids is 2. The third kappa shape index (κ3) is 7.31. The van der Waals surface area contributed by atoms with Gasteiger partial charge in [-0.3, -0.25) is 19.2 Å². The van der Waals surface area contributed by atoms with Gasteiger partial charge in [0.25, 0.3) is 0 Å². The molecule has 11 N–H and O–H groups in total. The Bertz CT molecular complexity index is 2350. The van der Waals surface area contributed by atoms with Gasteiger partial charge in [0.1, 0.15) is 0 Å². The summed E-state index contributed by atoms with van der Waals surface area (Å²) in [5.41, 5.74) is 13.1. The summed E-state index contributed by atoms with van der Waals surface area (Å²) in [5.74, 6) is -2.93. The van der Waals surface area contributed by atoms with Crippen molar-refractivity contribution in [3.63, 3.8) is 0 Å². The molecule has 0 aromatic carbocycles. The molecule has 0 aliphatic carbocycles. The average Bonchev–Trinajstić information content (AvgIpc) is 3.75. The minimum absolute atomic E-state index is 0.122. The van der Waals surface area contributed by atoms with E-state index in [2.05, 4.69) is 25.3 Å². The van der Waals surface area contributed by atoms with Crippen LogP contribution >= 0.6 is 0 Å². The van der Waals surface area contributed by atoms with E-state index in [1.54, 1.807) is 26.8 Å². The van der Waals surface area contributed by atoms with Crippen LogP contribution in [0.3, 0.4) is 0 Å². The van der Waals surface area contributed by atoms with Crippen LogP contribution in [0, 0.1) is 27.7 Å². The highest BCUT2D eigenvalue weighted by molar-refractivity contribution is 6.21. The minimum atomic E-state index is -1.03. The Kier molecular flexibility index (Phi) is 10.9. The lowest BCUT2D eigenvalue weighted by atomic mass is 9.97. The van der Waals surface area contributed by atoms with Crippen LogP contribution in [-0.2, 0) is 32.0 Å². The van der Waals surface area contributed by atoms with Crippen molar-refractivity contribution in [2.75, 3.05) is 13.1 Å². The Balaban J connectivity index is 2.00. The fraction of sp³-hybridized carbons (Fsp3) is 0.368. The zero-order valence-electron chi connectivity index (χ0n) is 30.1. The first-order valence-electron chi connectivity index (χ1n) is 17.1. The van der Waals surface area contributed by atoms with Crippen LogP contribution in [0.1, 0.15) is 106 Å². The first kappa shape index (κ1) is 37.8. The molecule has 5 rings (SSSR count). The number of aromatic nitrogens is 4. The second-order valence-corrected chi connectivity index (χ2v) is 13.4. The van der Waals surface area contributed by atoms with Crippen LogP contribution in [0.2, 0.25) is 0 Å². The molecule has 0 radical (unpaired) electrons. The molecular formula is C38H46N6O8. The first-order valence-corrected chi connectivity index (χ1v) is 17.1. The summed E-state index contributed by atoms with van der Waals surface area (Å²) in [6.07, 6.45) is 3.67. The molecule has 5 heterocycles. The van der Waals surface area contributed by atoms with Crippen LogP contribution < -0.4 is 32.4 Å². The van der Waals surface area contributed by atoms with Crippen molar-refractivity contribution in [1.29, 1.82) is 0 Å². The van der Waals surface area contributed by atoms with Crippen molar-refractivity contribution >= 4 is 47.4 Å². The third-order valence-electron chi connectivity index (χ3n) is 9.86. The lowest BCUT2D eigenvalue weighted by Crippen LogP contribution is -2.36. The summed E-state index contributed by atoms with van der Waals surface area (Å²) in [5, 5.41) is 46.1. The van der Waals surface area contributed by atoms with Gasteiger partial charge in [-0.2, -0.15) is 0 Å². The van der Waals surface area contributed by atoms with Gasteiger partial charge in [0, 0.05) is 57.1 Å². The second kappa shape index (κ2) is 15.0. The number of Topliss-reactive ketones (excluding diaryl/α,β-unsaturated/α-hetero) is 1. The van der Waals surface area contributed by atoms with E-state index in [1.807, 2.05) is 32.9 Å². The number of nitrogens with two attached hydrogens (primary N) is 1. The number of H-pyrrole nitrogens is 4. The molecule has 276 valence electrons. The number of nitrogens with one attached hydrogen (secondary N) is 5. The smallest absolute Gasteiger partial charge is 0.303 e. The number of rotatable bonds is 12. The lowest BCUT2D eigenvalue weighted by molar-refractivity contribution is -0.138. The molecule has 4 aromatic heterocycles. The Morgan fingerprint density at radius 1 is 0.692 bits per heavy atom. The summed E-state index contributed by atoms with van der Waals surface area (Å²) in [7, 11) is 0. The van der Waals surface area contributed by atoms with E-state index in [1.165, 1.54) is 0 Å².